The van der Waals surface area contributed by atoms with Crippen LogP contribution >= 0.6 is 0 Å². The third-order valence-corrected chi connectivity index (χ3v) is 5.85. The minimum Gasteiger partial charge on any atom is -0.350 e. The van der Waals surface area contributed by atoms with Gasteiger partial charge in [-0.05, 0) is 79.8 Å². The van der Waals surface area contributed by atoms with Crippen LogP contribution in [0.3, 0.4) is 0 Å². The van der Waals surface area contributed by atoms with Crippen LogP contribution in [-0.4, -0.2) is 16.7 Å². The van der Waals surface area contributed by atoms with E-state index >= 15 is 0 Å². The van der Waals surface area contributed by atoms with Gasteiger partial charge in [-0.15, -0.1) is 0 Å². The van der Waals surface area contributed by atoms with E-state index in [9.17, 15) is 14.0 Å². The van der Waals surface area contributed by atoms with Gasteiger partial charge in [0.15, 0.2) is 0 Å². The van der Waals surface area contributed by atoms with E-state index in [0.717, 1.165) is 33.5 Å². The second kappa shape index (κ2) is 8.42. The number of nitrogens with zero attached hydrogens (tertiary/aromatic N) is 1. The Balaban J connectivity index is 1.77. The number of carbonyl (C=O) groups excluding carboxylic acids is 2. The average Bonchev–Trinajstić information content (AvgIpc) is 2.97. The van der Waals surface area contributed by atoms with Gasteiger partial charge in [-0.25, -0.2) is 4.39 Å². The van der Waals surface area contributed by atoms with Crippen molar-refractivity contribution in [2.45, 2.75) is 34.2 Å². The van der Waals surface area contributed by atoms with Gasteiger partial charge < -0.3 is 5.32 Å². The predicted molar refractivity (Wildman–Crippen MR) is 124 cm³/mol. The van der Waals surface area contributed by atoms with Crippen molar-refractivity contribution in [3.05, 3.63) is 106 Å². The van der Waals surface area contributed by atoms with E-state index < -0.39 is 5.91 Å². The van der Waals surface area contributed by atoms with E-state index in [0.29, 0.717) is 11.1 Å². The van der Waals surface area contributed by atoms with Crippen LogP contribution in [0.5, 0.6) is 0 Å². The highest BCUT2D eigenvalue weighted by Crippen LogP contribution is 2.33. The summed E-state index contributed by atoms with van der Waals surface area (Å²) in [5.41, 5.74) is 6.99. The van der Waals surface area contributed by atoms with Gasteiger partial charge in [-0.3, -0.25) is 14.5 Å². The van der Waals surface area contributed by atoms with Crippen molar-refractivity contribution < 1.29 is 14.0 Å². The van der Waals surface area contributed by atoms with Crippen molar-refractivity contribution in [1.82, 2.24) is 4.90 Å². The van der Waals surface area contributed by atoms with Gasteiger partial charge >= 0.3 is 0 Å². The van der Waals surface area contributed by atoms with Crippen LogP contribution in [0.1, 0.15) is 33.4 Å². The van der Waals surface area contributed by atoms with E-state index in [1.165, 1.54) is 17.0 Å². The number of amides is 2. The topological polar surface area (TPSA) is 49.4 Å². The largest absolute Gasteiger partial charge is 0.350 e. The van der Waals surface area contributed by atoms with Crippen LogP contribution in [0.2, 0.25) is 0 Å². The molecule has 32 heavy (non-hydrogen) atoms. The Kier molecular flexibility index (Phi) is 5.66. The third kappa shape index (κ3) is 4.06. The van der Waals surface area contributed by atoms with Gasteiger partial charge in [0.2, 0.25) is 0 Å². The summed E-state index contributed by atoms with van der Waals surface area (Å²) in [5, 5.41) is 3.21. The SMILES string of the molecule is Cc1ccc(C2=C(Nc3ccc(C)c(C)c3)C(=O)N(Cc3ccc(F)cc3)C2=O)c(C)c1. The number of imide groups is 1. The summed E-state index contributed by atoms with van der Waals surface area (Å²) in [5.74, 6) is -1.12. The number of benzene rings is 3. The molecule has 3 aromatic rings. The van der Waals surface area contributed by atoms with Gasteiger partial charge in [0, 0.05) is 5.69 Å². The van der Waals surface area contributed by atoms with Crippen LogP contribution in [-0.2, 0) is 16.1 Å². The molecule has 0 unspecified atom stereocenters. The maximum atomic E-state index is 13.5. The monoisotopic (exact) mass is 428 g/mol. The quantitative estimate of drug-likeness (QED) is 0.550. The summed E-state index contributed by atoms with van der Waals surface area (Å²) in [6, 6.07) is 17.5. The molecule has 0 saturated carbocycles. The molecule has 2 amide bonds. The minimum atomic E-state index is -0.396. The van der Waals surface area contributed by atoms with E-state index in [-0.39, 0.29) is 24.0 Å². The Bertz CT molecular complexity index is 1260. The summed E-state index contributed by atoms with van der Waals surface area (Å²) in [6.45, 7) is 8.02. The lowest BCUT2D eigenvalue weighted by Crippen LogP contribution is -2.32. The second-order valence-electron chi connectivity index (χ2n) is 8.32. The maximum Gasteiger partial charge on any atom is 0.278 e. The first kappa shape index (κ1) is 21.5. The fourth-order valence-electron chi connectivity index (χ4n) is 3.92. The molecule has 4 rings (SSSR count). The number of carbonyl (C=O) groups is 2. The third-order valence-electron chi connectivity index (χ3n) is 5.85. The first-order valence-electron chi connectivity index (χ1n) is 10.5. The van der Waals surface area contributed by atoms with Crippen LogP contribution < -0.4 is 5.32 Å². The lowest BCUT2D eigenvalue weighted by atomic mass is 9.97. The average molecular weight is 429 g/mol. The number of hydrogen-bond acceptors (Lipinski definition) is 3. The molecule has 0 saturated heterocycles. The summed E-state index contributed by atoms with van der Waals surface area (Å²) in [4.78, 5) is 28.1. The smallest absolute Gasteiger partial charge is 0.278 e. The number of hydrogen-bond donors (Lipinski definition) is 1. The molecule has 1 aliphatic rings. The molecule has 0 radical (unpaired) electrons. The van der Waals surface area contributed by atoms with Gasteiger partial charge in [0.25, 0.3) is 11.8 Å². The molecule has 0 aliphatic carbocycles. The Morgan fingerprint density at radius 2 is 1.50 bits per heavy atom. The zero-order valence-corrected chi connectivity index (χ0v) is 18.6. The first-order valence-corrected chi connectivity index (χ1v) is 10.5. The number of anilines is 1. The van der Waals surface area contributed by atoms with Crippen molar-refractivity contribution in [2.75, 3.05) is 5.32 Å². The van der Waals surface area contributed by atoms with Crippen LogP contribution in [0, 0.1) is 33.5 Å². The van der Waals surface area contributed by atoms with Crippen LogP contribution in [0.25, 0.3) is 5.57 Å². The van der Waals surface area contributed by atoms with Crippen molar-refractivity contribution in [3.8, 4) is 0 Å². The molecule has 1 aliphatic heterocycles. The molecule has 1 N–H and O–H groups in total. The zero-order valence-electron chi connectivity index (χ0n) is 18.6. The van der Waals surface area contributed by atoms with E-state index in [4.69, 9.17) is 0 Å². The lowest BCUT2D eigenvalue weighted by Gasteiger charge is -2.16. The second-order valence-corrected chi connectivity index (χ2v) is 8.32. The molecule has 0 atom stereocenters. The molecule has 0 bridgehead atoms. The molecule has 3 aromatic carbocycles. The van der Waals surface area contributed by atoms with Gasteiger partial charge in [0.1, 0.15) is 11.5 Å². The highest BCUT2D eigenvalue weighted by molar-refractivity contribution is 6.36. The molecular formula is C27H25FN2O2. The van der Waals surface area contributed by atoms with Gasteiger partial charge in [-0.2, -0.15) is 0 Å². The summed E-state index contributed by atoms with van der Waals surface area (Å²) in [7, 11) is 0. The summed E-state index contributed by atoms with van der Waals surface area (Å²) in [6.07, 6.45) is 0. The Morgan fingerprint density at radius 1 is 0.781 bits per heavy atom. The number of halogens is 1. The standard InChI is InChI=1S/C27H25FN2O2/c1-16-5-12-23(19(4)13-16)24-25(29-22-11-6-17(2)18(3)14-22)27(32)30(26(24)31)15-20-7-9-21(28)10-8-20/h5-14,29H,15H2,1-4H3. The fourth-order valence-corrected chi connectivity index (χ4v) is 3.92. The van der Waals surface area contributed by atoms with E-state index in [1.807, 2.05) is 64.1 Å². The van der Waals surface area contributed by atoms with E-state index in [1.54, 1.807) is 12.1 Å². The molecule has 0 spiro atoms. The Morgan fingerprint density at radius 3 is 2.16 bits per heavy atom. The van der Waals surface area contributed by atoms with Crippen molar-refractivity contribution in [3.63, 3.8) is 0 Å². The molecule has 0 fully saturated rings. The maximum absolute atomic E-state index is 13.5. The predicted octanol–water partition coefficient (Wildman–Crippen LogP) is 5.45. The molecule has 5 heteroatoms. The minimum absolute atomic E-state index is 0.0739. The Labute approximate surface area is 187 Å². The summed E-state index contributed by atoms with van der Waals surface area (Å²) >= 11 is 0. The van der Waals surface area contributed by atoms with Crippen LogP contribution in [0.15, 0.2) is 66.4 Å². The number of rotatable bonds is 5. The molecular weight excluding hydrogens is 403 g/mol. The van der Waals surface area contributed by atoms with Crippen molar-refractivity contribution >= 4 is 23.1 Å². The van der Waals surface area contributed by atoms with Crippen molar-refractivity contribution in [2.24, 2.45) is 0 Å². The van der Waals surface area contributed by atoms with Gasteiger partial charge in [0.05, 0.1) is 12.1 Å². The normalized spacial score (nSPS) is 13.8. The Hall–Kier alpha value is -3.73. The number of nitrogens with one attached hydrogen (secondary N) is 1. The highest BCUT2D eigenvalue weighted by atomic mass is 19.1. The molecule has 0 aromatic heterocycles. The number of aryl methyl sites for hydroxylation is 4. The highest BCUT2D eigenvalue weighted by Gasteiger charge is 2.39. The first-order chi connectivity index (χ1) is 15.2. The fraction of sp³-hybridized carbons (Fsp3) is 0.185. The zero-order chi connectivity index (χ0) is 23.0. The van der Waals surface area contributed by atoms with E-state index in [2.05, 4.69) is 5.32 Å². The lowest BCUT2D eigenvalue weighted by molar-refractivity contribution is -0.137. The van der Waals surface area contributed by atoms with Crippen LogP contribution in [0.4, 0.5) is 10.1 Å². The molecule has 4 nitrogen and oxygen atoms in total. The van der Waals surface area contributed by atoms with Gasteiger partial charge in [-0.1, -0.05) is 42.0 Å². The summed E-state index contributed by atoms with van der Waals surface area (Å²) < 4.78 is 13.3. The molecule has 162 valence electrons. The molecule has 1 heterocycles. The van der Waals surface area contributed by atoms with Crippen molar-refractivity contribution in [1.29, 1.82) is 0 Å².